The van der Waals surface area contributed by atoms with Crippen LogP contribution in [0.25, 0.3) is 0 Å². The molecule has 0 unspecified atom stereocenters. The van der Waals surface area contributed by atoms with Gasteiger partial charge in [-0.3, -0.25) is 9.59 Å². The van der Waals surface area contributed by atoms with Gasteiger partial charge in [-0.25, -0.2) is 17.2 Å². The molecule has 11 heteroatoms. The van der Waals surface area contributed by atoms with Crippen LogP contribution < -0.4 is 15.4 Å². The molecule has 0 spiro atoms. The molecule has 8 nitrogen and oxygen atoms in total. The van der Waals surface area contributed by atoms with E-state index in [0.717, 1.165) is 18.2 Å². The molecule has 2 aromatic rings. The van der Waals surface area contributed by atoms with Crippen molar-refractivity contribution in [2.75, 3.05) is 23.7 Å². The van der Waals surface area contributed by atoms with E-state index in [-0.39, 0.29) is 35.3 Å². The Bertz CT molecular complexity index is 1230. The largest absolute Gasteiger partial charge is 0.479 e. The Labute approximate surface area is 190 Å². The lowest BCUT2D eigenvalue weighted by Crippen LogP contribution is -2.44. The summed E-state index contributed by atoms with van der Waals surface area (Å²) in [6.45, 7) is 3.28. The maximum atomic E-state index is 13.9. The van der Waals surface area contributed by atoms with Gasteiger partial charge in [-0.1, -0.05) is 0 Å². The van der Waals surface area contributed by atoms with Crippen LogP contribution in [-0.2, 0) is 19.6 Å². The average molecular weight is 480 g/mol. The number of halogens is 2. The predicted molar refractivity (Wildman–Crippen MR) is 116 cm³/mol. The molecule has 33 heavy (non-hydrogen) atoms. The molecule has 176 valence electrons. The molecule has 0 aromatic heterocycles. The van der Waals surface area contributed by atoms with Gasteiger partial charge < -0.3 is 15.4 Å². The minimum Gasteiger partial charge on any atom is -0.479 e. The SMILES string of the molecule is Cc1cc2c(cc1S(=O)(=O)N1CCC[C@@H](C(=O)Nc3cc(F)ccc3F)C1)O[C@@H](C)C(=O)N2. The second kappa shape index (κ2) is 8.71. The van der Waals surface area contributed by atoms with Gasteiger partial charge in [0, 0.05) is 25.2 Å². The van der Waals surface area contributed by atoms with Gasteiger partial charge in [0.05, 0.1) is 22.2 Å². The van der Waals surface area contributed by atoms with Gasteiger partial charge in [-0.05, 0) is 50.5 Å². The van der Waals surface area contributed by atoms with Crippen LogP contribution in [0.2, 0.25) is 0 Å². The van der Waals surface area contributed by atoms with Crippen molar-refractivity contribution in [2.45, 2.75) is 37.7 Å². The summed E-state index contributed by atoms with van der Waals surface area (Å²) in [5.41, 5.74) is 0.516. The fraction of sp³-hybridized carbons (Fsp3) is 0.364. The van der Waals surface area contributed by atoms with Gasteiger partial charge >= 0.3 is 0 Å². The number of fused-ring (bicyclic) bond motifs is 1. The molecule has 2 aromatic carbocycles. The number of rotatable bonds is 4. The quantitative estimate of drug-likeness (QED) is 0.702. The Hall–Kier alpha value is -3.05. The van der Waals surface area contributed by atoms with Gasteiger partial charge in [-0.15, -0.1) is 0 Å². The fourth-order valence-corrected chi connectivity index (χ4v) is 5.71. The average Bonchev–Trinajstić information content (AvgIpc) is 2.77. The highest BCUT2D eigenvalue weighted by molar-refractivity contribution is 7.89. The molecule has 2 aliphatic heterocycles. The van der Waals surface area contributed by atoms with Crippen molar-refractivity contribution in [1.29, 1.82) is 0 Å². The first-order chi connectivity index (χ1) is 15.6. The number of carbonyl (C=O) groups is 2. The first-order valence-electron chi connectivity index (χ1n) is 10.4. The molecule has 2 N–H and O–H groups in total. The molecule has 4 rings (SSSR count). The Morgan fingerprint density at radius 1 is 1.24 bits per heavy atom. The molecule has 0 aliphatic carbocycles. The summed E-state index contributed by atoms with van der Waals surface area (Å²) in [6.07, 6.45) is 0.0725. The van der Waals surface area contributed by atoms with E-state index in [2.05, 4.69) is 10.6 Å². The maximum absolute atomic E-state index is 13.9. The molecular formula is C22H23F2N3O5S. The zero-order valence-corrected chi connectivity index (χ0v) is 18.8. The van der Waals surface area contributed by atoms with Crippen LogP contribution in [0.15, 0.2) is 35.2 Å². The molecule has 0 saturated carbocycles. The number of hydrogen-bond donors (Lipinski definition) is 2. The zero-order valence-electron chi connectivity index (χ0n) is 18.0. The van der Waals surface area contributed by atoms with E-state index in [1.54, 1.807) is 13.8 Å². The summed E-state index contributed by atoms with van der Waals surface area (Å²) in [7, 11) is -3.98. The van der Waals surface area contributed by atoms with Crippen LogP contribution >= 0.6 is 0 Å². The molecule has 2 heterocycles. The number of benzene rings is 2. The van der Waals surface area contributed by atoms with Gasteiger partial charge in [0.1, 0.15) is 17.4 Å². The number of nitrogens with one attached hydrogen (secondary N) is 2. The van der Waals surface area contributed by atoms with Crippen LogP contribution in [0.3, 0.4) is 0 Å². The number of amides is 2. The molecule has 1 saturated heterocycles. The van der Waals surface area contributed by atoms with E-state index in [0.29, 0.717) is 24.1 Å². The number of ether oxygens (including phenoxy) is 1. The standard InChI is InChI=1S/C22H23F2N3O5S/c1-12-8-18-19(32-13(2)21(28)26-18)10-20(12)33(30,31)27-7-3-4-14(11-27)22(29)25-17-9-15(23)5-6-16(17)24/h5-6,8-10,13-14H,3-4,7,11H2,1-2H3,(H,25,29)(H,26,28)/t13-,14+/m0/s1. The lowest BCUT2D eigenvalue weighted by atomic mass is 9.98. The molecule has 2 amide bonds. The van der Waals surface area contributed by atoms with Crippen LogP contribution in [0.1, 0.15) is 25.3 Å². The van der Waals surface area contributed by atoms with E-state index in [9.17, 15) is 26.8 Å². The van der Waals surface area contributed by atoms with E-state index >= 15 is 0 Å². The molecule has 1 fully saturated rings. The van der Waals surface area contributed by atoms with E-state index in [1.807, 2.05) is 0 Å². The van der Waals surface area contributed by atoms with Crippen molar-refractivity contribution in [1.82, 2.24) is 4.31 Å². The Kier molecular flexibility index (Phi) is 6.10. The topological polar surface area (TPSA) is 105 Å². The fourth-order valence-electron chi connectivity index (χ4n) is 3.96. The third-order valence-corrected chi connectivity index (χ3v) is 7.77. The lowest BCUT2D eigenvalue weighted by molar-refractivity contribution is -0.123. The summed E-state index contributed by atoms with van der Waals surface area (Å²) >= 11 is 0. The van der Waals surface area contributed by atoms with Crippen molar-refractivity contribution in [2.24, 2.45) is 5.92 Å². The van der Waals surface area contributed by atoms with Crippen LogP contribution in [0.4, 0.5) is 20.2 Å². The molecule has 0 bridgehead atoms. The first kappa shape index (κ1) is 23.1. The number of hydrogen-bond acceptors (Lipinski definition) is 5. The van der Waals surface area contributed by atoms with E-state index in [1.165, 1.54) is 16.4 Å². The second-order valence-corrected chi connectivity index (χ2v) is 10.1. The zero-order chi connectivity index (χ0) is 23.9. The normalized spacial score (nSPS) is 21.0. The Balaban J connectivity index is 1.55. The number of sulfonamides is 1. The van der Waals surface area contributed by atoms with Crippen molar-refractivity contribution < 1.29 is 31.5 Å². The molecule has 2 aliphatic rings. The minimum absolute atomic E-state index is 0.0156. The van der Waals surface area contributed by atoms with Crippen LogP contribution in [-0.4, -0.2) is 43.7 Å². The third-order valence-electron chi connectivity index (χ3n) is 5.77. The maximum Gasteiger partial charge on any atom is 0.265 e. The van der Waals surface area contributed by atoms with Crippen LogP contribution in [0.5, 0.6) is 5.75 Å². The molecule has 2 atom stereocenters. The number of nitrogens with zero attached hydrogens (tertiary/aromatic N) is 1. The predicted octanol–water partition coefficient (Wildman–Crippen LogP) is 3.03. The summed E-state index contributed by atoms with van der Waals surface area (Å²) in [5.74, 6) is -2.87. The molecular weight excluding hydrogens is 456 g/mol. The minimum atomic E-state index is -3.98. The highest BCUT2D eigenvalue weighted by Gasteiger charge is 2.35. The van der Waals surface area contributed by atoms with Crippen molar-refractivity contribution in [3.63, 3.8) is 0 Å². The van der Waals surface area contributed by atoms with E-state index < -0.39 is 39.6 Å². The highest BCUT2D eigenvalue weighted by Crippen LogP contribution is 2.36. The number of carbonyl (C=O) groups excluding carboxylic acids is 2. The second-order valence-electron chi connectivity index (χ2n) is 8.18. The Morgan fingerprint density at radius 2 is 2.00 bits per heavy atom. The highest BCUT2D eigenvalue weighted by atomic mass is 32.2. The number of piperidine rings is 1. The van der Waals surface area contributed by atoms with Gasteiger partial charge in [0.25, 0.3) is 5.91 Å². The number of aryl methyl sites for hydroxylation is 1. The third kappa shape index (κ3) is 4.55. The van der Waals surface area contributed by atoms with Gasteiger partial charge in [0.2, 0.25) is 15.9 Å². The Morgan fingerprint density at radius 3 is 2.76 bits per heavy atom. The van der Waals surface area contributed by atoms with Crippen molar-refractivity contribution in [3.8, 4) is 5.75 Å². The van der Waals surface area contributed by atoms with Gasteiger partial charge in [0.15, 0.2) is 6.10 Å². The summed E-state index contributed by atoms with van der Waals surface area (Å²) in [4.78, 5) is 24.5. The summed E-state index contributed by atoms with van der Waals surface area (Å²) in [5, 5.41) is 5.04. The summed E-state index contributed by atoms with van der Waals surface area (Å²) < 4.78 is 60.9. The first-order valence-corrected chi connectivity index (χ1v) is 11.9. The van der Waals surface area contributed by atoms with Crippen molar-refractivity contribution in [3.05, 3.63) is 47.5 Å². The smallest absolute Gasteiger partial charge is 0.265 e. The number of anilines is 2. The lowest BCUT2D eigenvalue weighted by Gasteiger charge is -2.32. The van der Waals surface area contributed by atoms with Crippen molar-refractivity contribution >= 4 is 33.2 Å². The van der Waals surface area contributed by atoms with Crippen LogP contribution in [0, 0.1) is 24.5 Å². The van der Waals surface area contributed by atoms with Gasteiger partial charge in [-0.2, -0.15) is 4.31 Å². The monoisotopic (exact) mass is 479 g/mol. The molecule has 0 radical (unpaired) electrons. The summed E-state index contributed by atoms with van der Waals surface area (Å²) in [6, 6.07) is 5.64. The van der Waals surface area contributed by atoms with E-state index in [4.69, 9.17) is 4.74 Å².